The number of halogens is 1. The Hall–Kier alpha value is -1.10. The smallest absolute Gasteiger partial charge is 0.255 e. The molecule has 2 N–H and O–H groups in total. The first-order chi connectivity index (χ1) is 10.1. The summed E-state index contributed by atoms with van der Waals surface area (Å²) in [6, 6.07) is 2.10. The number of hydrogen-bond donors (Lipinski definition) is 2. The number of carbonyl (C=O) groups excluding carboxylic acids is 1. The van der Waals surface area contributed by atoms with Crippen molar-refractivity contribution in [1.82, 2.24) is 10.3 Å². The molecule has 1 aromatic rings. The predicted octanol–water partition coefficient (Wildman–Crippen LogP) is 3.97. The fourth-order valence-corrected chi connectivity index (χ4v) is 2.67. The molecule has 0 radical (unpaired) electrons. The second-order valence-corrected chi connectivity index (χ2v) is 6.65. The molecule has 0 aliphatic heterocycles. The summed E-state index contributed by atoms with van der Waals surface area (Å²) in [5.41, 5.74) is 0.618. The summed E-state index contributed by atoms with van der Waals surface area (Å²) in [7, 11) is 0. The van der Waals surface area contributed by atoms with Gasteiger partial charge >= 0.3 is 0 Å². The highest BCUT2D eigenvalue weighted by molar-refractivity contribution is 9.10. The standard InChI is InChI=1S/C16H24BrN3O/c1-3-7-18-15-14(9-12(17)10-19-15)16(21)20-13(4-2)8-11-5-6-11/h9-11,13H,3-8H2,1-2H3,(H,18,19)(H,20,21). The summed E-state index contributed by atoms with van der Waals surface area (Å²) in [6.45, 7) is 5.03. The highest BCUT2D eigenvalue weighted by Crippen LogP contribution is 2.34. The van der Waals surface area contributed by atoms with Gasteiger partial charge in [0.25, 0.3) is 5.91 Å². The van der Waals surface area contributed by atoms with E-state index in [4.69, 9.17) is 0 Å². The van der Waals surface area contributed by atoms with Crippen molar-refractivity contribution in [2.75, 3.05) is 11.9 Å². The lowest BCUT2D eigenvalue weighted by atomic mass is 10.1. The molecule has 1 amide bonds. The molecule has 5 heteroatoms. The summed E-state index contributed by atoms with van der Waals surface area (Å²) >= 11 is 3.40. The van der Waals surface area contributed by atoms with Crippen LogP contribution in [0.3, 0.4) is 0 Å². The molecule has 0 aromatic carbocycles. The molecule has 0 spiro atoms. The Kier molecular flexibility index (Phi) is 6.03. The largest absolute Gasteiger partial charge is 0.369 e. The molecular weight excluding hydrogens is 330 g/mol. The van der Waals surface area contributed by atoms with Gasteiger partial charge in [-0.05, 0) is 47.2 Å². The van der Waals surface area contributed by atoms with Gasteiger partial charge in [-0.15, -0.1) is 0 Å². The Morgan fingerprint density at radius 1 is 1.48 bits per heavy atom. The summed E-state index contributed by atoms with van der Waals surface area (Å²) in [5, 5.41) is 6.38. The quantitative estimate of drug-likeness (QED) is 0.743. The molecule has 1 fully saturated rings. The number of amides is 1. The number of anilines is 1. The van der Waals surface area contributed by atoms with Crippen LogP contribution in [0, 0.1) is 5.92 Å². The minimum atomic E-state index is -0.0325. The van der Waals surface area contributed by atoms with E-state index in [2.05, 4.69) is 45.4 Å². The predicted molar refractivity (Wildman–Crippen MR) is 89.6 cm³/mol. The molecule has 1 aliphatic carbocycles. The zero-order valence-corrected chi connectivity index (χ0v) is 14.4. The first-order valence-corrected chi connectivity index (χ1v) is 8.63. The van der Waals surface area contributed by atoms with Gasteiger partial charge in [-0.25, -0.2) is 4.98 Å². The molecular formula is C16H24BrN3O. The van der Waals surface area contributed by atoms with Crippen LogP contribution < -0.4 is 10.6 Å². The summed E-state index contributed by atoms with van der Waals surface area (Å²) < 4.78 is 0.824. The van der Waals surface area contributed by atoms with Crippen LogP contribution in [0.2, 0.25) is 0 Å². The maximum absolute atomic E-state index is 12.5. The number of aromatic nitrogens is 1. The van der Waals surface area contributed by atoms with E-state index in [1.807, 2.05) is 6.07 Å². The molecule has 1 aromatic heterocycles. The first kappa shape index (κ1) is 16.3. The van der Waals surface area contributed by atoms with Gasteiger partial charge in [0.1, 0.15) is 5.82 Å². The van der Waals surface area contributed by atoms with Gasteiger partial charge in [0, 0.05) is 23.3 Å². The van der Waals surface area contributed by atoms with Crippen LogP contribution in [0.1, 0.15) is 56.3 Å². The van der Waals surface area contributed by atoms with Crippen LogP contribution >= 0.6 is 15.9 Å². The Labute approximate surface area is 135 Å². The highest BCUT2D eigenvalue weighted by Gasteiger charge is 2.26. The maximum atomic E-state index is 12.5. The van der Waals surface area contributed by atoms with Gasteiger partial charge < -0.3 is 10.6 Å². The fourth-order valence-electron chi connectivity index (χ4n) is 2.34. The lowest BCUT2D eigenvalue weighted by molar-refractivity contribution is 0.0933. The number of rotatable bonds is 8. The maximum Gasteiger partial charge on any atom is 0.255 e. The summed E-state index contributed by atoms with van der Waals surface area (Å²) in [6.07, 6.45) is 7.42. The third-order valence-corrected chi connectivity index (χ3v) is 4.22. The normalized spacial score (nSPS) is 15.6. The highest BCUT2D eigenvalue weighted by atomic mass is 79.9. The molecule has 2 rings (SSSR count). The van der Waals surface area contributed by atoms with Crippen LogP contribution in [-0.4, -0.2) is 23.5 Å². The van der Waals surface area contributed by atoms with Gasteiger partial charge in [0.15, 0.2) is 0 Å². The number of nitrogens with zero attached hydrogens (tertiary/aromatic N) is 1. The monoisotopic (exact) mass is 353 g/mol. The Bertz CT molecular complexity index is 488. The van der Waals surface area contributed by atoms with E-state index in [9.17, 15) is 4.79 Å². The van der Waals surface area contributed by atoms with E-state index in [0.717, 1.165) is 36.2 Å². The fraction of sp³-hybridized carbons (Fsp3) is 0.625. The van der Waals surface area contributed by atoms with Crippen molar-refractivity contribution in [2.45, 2.75) is 52.0 Å². The number of pyridine rings is 1. The molecule has 116 valence electrons. The second kappa shape index (κ2) is 7.78. The van der Waals surface area contributed by atoms with E-state index in [0.29, 0.717) is 11.4 Å². The molecule has 1 aliphatic rings. The van der Waals surface area contributed by atoms with Crippen LogP contribution in [0.4, 0.5) is 5.82 Å². The van der Waals surface area contributed by atoms with E-state index < -0.39 is 0 Å². The Balaban J connectivity index is 2.06. The lowest BCUT2D eigenvalue weighted by Crippen LogP contribution is -2.35. The minimum absolute atomic E-state index is 0.0325. The van der Waals surface area contributed by atoms with Crippen LogP contribution in [0.15, 0.2) is 16.7 Å². The molecule has 21 heavy (non-hydrogen) atoms. The van der Waals surface area contributed by atoms with Gasteiger partial charge in [-0.1, -0.05) is 26.7 Å². The van der Waals surface area contributed by atoms with Crippen LogP contribution in [0.25, 0.3) is 0 Å². The molecule has 1 saturated carbocycles. The lowest BCUT2D eigenvalue weighted by Gasteiger charge is -2.18. The Morgan fingerprint density at radius 3 is 2.86 bits per heavy atom. The van der Waals surface area contributed by atoms with Crippen LogP contribution in [0.5, 0.6) is 0 Å². The van der Waals surface area contributed by atoms with Crippen molar-refractivity contribution in [1.29, 1.82) is 0 Å². The van der Waals surface area contributed by atoms with Crippen molar-refractivity contribution in [3.8, 4) is 0 Å². The number of hydrogen-bond acceptors (Lipinski definition) is 3. The summed E-state index contributed by atoms with van der Waals surface area (Å²) in [4.78, 5) is 16.9. The number of carbonyl (C=O) groups is 1. The van der Waals surface area contributed by atoms with Crippen molar-refractivity contribution in [3.05, 3.63) is 22.3 Å². The van der Waals surface area contributed by atoms with E-state index in [1.54, 1.807) is 6.20 Å². The first-order valence-electron chi connectivity index (χ1n) is 7.84. The zero-order valence-electron chi connectivity index (χ0n) is 12.8. The average molecular weight is 354 g/mol. The Morgan fingerprint density at radius 2 is 2.24 bits per heavy atom. The van der Waals surface area contributed by atoms with Crippen molar-refractivity contribution in [2.24, 2.45) is 5.92 Å². The average Bonchev–Trinajstić information content (AvgIpc) is 3.29. The van der Waals surface area contributed by atoms with Crippen molar-refractivity contribution in [3.63, 3.8) is 0 Å². The SMILES string of the molecule is CCCNc1ncc(Br)cc1C(=O)NC(CC)CC1CC1. The van der Waals surface area contributed by atoms with Gasteiger partial charge in [0.2, 0.25) is 0 Å². The minimum Gasteiger partial charge on any atom is -0.369 e. The zero-order chi connectivity index (χ0) is 15.2. The molecule has 1 heterocycles. The van der Waals surface area contributed by atoms with E-state index in [1.165, 1.54) is 12.8 Å². The topological polar surface area (TPSA) is 54.0 Å². The third kappa shape index (κ3) is 4.99. The van der Waals surface area contributed by atoms with Crippen molar-refractivity contribution < 1.29 is 4.79 Å². The summed E-state index contributed by atoms with van der Waals surface area (Å²) in [5.74, 6) is 1.45. The van der Waals surface area contributed by atoms with E-state index in [-0.39, 0.29) is 11.9 Å². The van der Waals surface area contributed by atoms with Crippen molar-refractivity contribution >= 4 is 27.7 Å². The molecule has 1 atom stereocenters. The second-order valence-electron chi connectivity index (χ2n) is 5.73. The van der Waals surface area contributed by atoms with E-state index >= 15 is 0 Å². The molecule has 4 nitrogen and oxygen atoms in total. The molecule has 1 unspecified atom stereocenters. The number of nitrogens with one attached hydrogen (secondary N) is 2. The third-order valence-electron chi connectivity index (χ3n) is 3.78. The molecule has 0 saturated heterocycles. The van der Waals surface area contributed by atoms with Gasteiger partial charge in [-0.2, -0.15) is 0 Å². The van der Waals surface area contributed by atoms with Gasteiger partial charge in [-0.3, -0.25) is 4.79 Å². The van der Waals surface area contributed by atoms with Crippen LogP contribution in [-0.2, 0) is 0 Å². The molecule has 0 bridgehead atoms. The van der Waals surface area contributed by atoms with Gasteiger partial charge in [0.05, 0.1) is 5.56 Å².